The summed E-state index contributed by atoms with van der Waals surface area (Å²) >= 11 is 0. The lowest BCUT2D eigenvalue weighted by atomic mass is 10.1. The summed E-state index contributed by atoms with van der Waals surface area (Å²) in [4.78, 5) is 29.7. The number of aliphatic carboxylic acids is 1. The SMILES string of the molecule is Cc1oc(-c2ccccc2)nc1C(O)COc1ccc([C@H](C)N(CC(=O)O)C(=O)Oc2ccc(O)cc2)cc1. The second kappa shape index (κ2) is 12.1. The van der Waals surface area contributed by atoms with Crippen molar-refractivity contribution in [2.45, 2.75) is 26.0 Å². The van der Waals surface area contributed by atoms with Crippen LogP contribution < -0.4 is 9.47 Å². The van der Waals surface area contributed by atoms with Gasteiger partial charge in [0, 0.05) is 5.56 Å². The van der Waals surface area contributed by atoms with Gasteiger partial charge in [-0.25, -0.2) is 9.78 Å². The summed E-state index contributed by atoms with van der Waals surface area (Å²) in [5.74, 6) is 0.347. The second-order valence-corrected chi connectivity index (χ2v) is 8.78. The number of carboxylic acid groups (broad SMARTS) is 1. The van der Waals surface area contributed by atoms with Gasteiger partial charge in [0.15, 0.2) is 0 Å². The van der Waals surface area contributed by atoms with Gasteiger partial charge in [0.2, 0.25) is 5.89 Å². The van der Waals surface area contributed by atoms with Crippen LogP contribution in [0.4, 0.5) is 4.79 Å². The third-order valence-corrected chi connectivity index (χ3v) is 5.99. The molecule has 0 fully saturated rings. The molecule has 0 radical (unpaired) electrons. The molecule has 1 aromatic heterocycles. The molecule has 1 heterocycles. The van der Waals surface area contributed by atoms with E-state index in [4.69, 9.17) is 13.9 Å². The highest BCUT2D eigenvalue weighted by Gasteiger charge is 2.26. The molecule has 1 unspecified atom stereocenters. The van der Waals surface area contributed by atoms with Crippen molar-refractivity contribution in [3.05, 3.63) is 95.9 Å². The van der Waals surface area contributed by atoms with Crippen LogP contribution in [0, 0.1) is 6.92 Å². The smallest absolute Gasteiger partial charge is 0.416 e. The van der Waals surface area contributed by atoms with Crippen molar-refractivity contribution in [3.63, 3.8) is 0 Å². The van der Waals surface area contributed by atoms with E-state index >= 15 is 0 Å². The number of benzene rings is 3. The number of amides is 1. The maximum atomic E-state index is 12.8. The molecule has 0 aliphatic heterocycles. The maximum absolute atomic E-state index is 12.8. The molecule has 0 spiro atoms. The van der Waals surface area contributed by atoms with Gasteiger partial charge in [0.25, 0.3) is 0 Å². The van der Waals surface area contributed by atoms with E-state index in [1.54, 1.807) is 38.1 Å². The minimum atomic E-state index is -1.20. The summed E-state index contributed by atoms with van der Waals surface area (Å²) in [7, 11) is 0. The van der Waals surface area contributed by atoms with Crippen molar-refractivity contribution in [2.24, 2.45) is 0 Å². The van der Waals surface area contributed by atoms with Gasteiger partial charge in [-0.3, -0.25) is 9.69 Å². The van der Waals surface area contributed by atoms with E-state index in [1.807, 2.05) is 30.3 Å². The first-order valence-corrected chi connectivity index (χ1v) is 12.1. The number of rotatable bonds is 10. The summed E-state index contributed by atoms with van der Waals surface area (Å²) in [6, 6.07) is 21.0. The fourth-order valence-corrected chi connectivity index (χ4v) is 3.88. The van der Waals surface area contributed by atoms with Crippen molar-refractivity contribution in [1.29, 1.82) is 0 Å². The summed E-state index contributed by atoms with van der Waals surface area (Å²) < 4.78 is 16.7. The lowest BCUT2D eigenvalue weighted by Gasteiger charge is -2.27. The van der Waals surface area contributed by atoms with Crippen LogP contribution in [0.2, 0.25) is 0 Å². The van der Waals surface area contributed by atoms with Crippen LogP contribution in [0.1, 0.15) is 36.1 Å². The standard InChI is InChI=1S/C29H28N2O8/c1-18(31(16-26(34)35)29(36)39-24-14-10-22(32)11-15-24)20-8-12-23(13-9-20)37-17-25(33)27-19(2)38-28(30-27)21-6-4-3-5-7-21/h3-15,18,25,32-33H,16-17H2,1-2H3,(H,34,35)/t18-,25?/m0/s1. The van der Waals surface area contributed by atoms with Crippen LogP contribution >= 0.6 is 0 Å². The third kappa shape index (κ3) is 6.93. The summed E-state index contributed by atoms with van der Waals surface area (Å²) in [5, 5.41) is 29.4. The molecule has 0 aliphatic rings. The molecule has 0 aliphatic carbocycles. The number of nitrogens with zero attached hydrogens (tertiary/aromatic N) is 2. The minimum absolute atomic E-state index is 0.00786. The topological polar surface area (TPSA) is 143 Å². The number of aliphatic hydroxyl groups is 1. The van der Waals surface area contributed by atoms with Crippen LogP contribution in [0.5, 0.6) is 17.2 Å². The zero-order valence-electron chi connectivity index (χ0n) is 21.4. The molecule has 0 saturated heterocycles. The quantitative estimate of drug-likeness (QED) is 0.254. The zero-order valence-corrected chi connectivity index (χ0v) is 21.4. The summed E-state index contributed by atoms with van der Waals surface area (Å²) in [6.07, 6.45) is -1.87. The number of phenolic OH excluding ortho intramolecular Hbond substituents is 1. The van der Waals surface area contributed by atoms with E-state index in [0.29, 0.717) is 28.7 Å². The minimum Gasteiger partial charge on any atom is -0.508 e. The Kier molecular flexibility index (Phi) is 8.47. The fourth-order valence-electron chi connectivity index (χ4n) is 3.88. The maximum Gasteiger partial charge on any atom is 0.416 e. The number of oxazole rings is 1. The van der Waals surface area contributed by atoms with E-state index < -0.39 is 30.8 Å². The van der Waals surface area contributed by atoms with Gasteiger partial charge in [-0.05, 0) is 67.9 Å². The largest absolute Gasteiger partial charge is 0.508 e. The van der Waals surface area contributed by atoms with E-state index in [2.05, 4.69) is 4.98 Å². The Morgan fingerprint density at radius 1 is 0.974 bits per heavy atom. The van der Waals surface area contributed by atoms with E-state index in [9.17, 15) is 24.9 Å². The lowest BCUT2D eigenvalue weighted by Crippen LogP contribution is -2.39. The van der Waals surface area contributed by atoms with Gasteiger partial charge >= 0.3 is 12.1 Å². The summed E-state index contributed by atoms with van der Waals surface area (Å²) in [5.41, 5.74) is 1.83. The Balaban J connectivity index is 1.39. The second-order valence-electron chi connectivity index (χ2n) is 8.78. The van der Waals surface area contributed by atoms with Gasteiger partial charge in [-0.15, -0.1) is 0 Å². The monoisotopic (exact) mass is 532 g/mol. The number of hydrogen-bond donors (Lipinski definition) is 3. The first-order valence-electron chi connectivity index (χ1n) is 12.1. The Bertz CT molecular complexity index is 1400. The Morgan fingerprint density at radius 2 is 1.62 bits per heavy atom. The number of hydrogen-bond acceptors (Lipinski definition) is 8. The molecule has 1 amide bonds. The normalized spacial score (nSPS) is 12.4. The van der Waals surface area contributed by atoms with Gasteiger partial charge < -0.3 is 29.2 Å². The Hall–Kier alpha value is -4.83. The van der Waals surface area contributed by atoms with E-state index in [-0.39, 0.29) is 18.1 Å². The molecule has 10 heteroatoms. The van der Waals surface area contributed by atoms with Crippen LogP contribution in [0.25, 0.3) is 11.5 Å². The average Bonchev–Trinajstić information content (AvgIpc) is 3.33. The zero-order chi connectivity index (χ0) is 27.9. The molecule has 3 N–H and O–H groups in total. The molecule has 4 rings (SSSR count). The number of aryl methyl sites for hydroxylation is 1. The predicted molar refractivity (Wildman–Crippen MR) is 140 cm³/mol. The number of ether oxygens (including phenoxy) is 2. The molecule has 0 bridgehead atoms. The first kappa shape index (κ1) is 27.2. The molecule has 4 aromatic rings. The molecule has 3 aromatic carbocycles. The number of carbonyl (C=O) groups excluding carboxylic acids is 1. The number of aromatic hydroxyl groups is 1. The Morgan fingerprint density at radius 3 is 2.26 bits per heavy atom. The molecule has 39 heavy (non-hydrogen) atoms. The van der Waals surface area contributed by atoms with Crippen LogP contribution in [0.15, 0.2) is 83.3 Å². The summed E-state index contributed by atoms with van der Waals surface area (Å²) in [6.45, 7) is 2.76. The van der Waals surface area contributed by atoms with Crippen molar-refractivity contribution in [2.75, 3.05) is 13.2 Å². The van der Waals surface area contributed by atoms with Crippen molar-refractivity contribution in [3.8, 4) is 28.7 Å². The number of aliphatic hydroxyl groups excluding tert-OH is 1. The average molecular weight is 533 g/mol. The van der Waals surface area contributed by atoms with Crippen LogP contribution in [0.3, 0.4) is 0 Å². The number of carbonyl (C=O) groups is 2. The number of phenols is 1. The van der Waals surface area contributed by atoms with Gasteiger partial charge in [-0.2, -0.15) is 0 Å². The van der Waals surface area contributed by atoms with Gasteiger partial charge in [-0.1, -0.05) is 30.3 Å². The highest BCUT2D eigenvalue weighted by Crippen LogP contribution is 2.27. The number of carboxylic acids is 1. The first-order chi connectivity index (χ1) is 18.7. The van der Waals surface area contributed by atoms with Crippen molar-refractivity contribution < 1.29 is 38.8 Å². The highest BCUT2D eigenvalue weighted by molar-refractivity contribution is 5.78. The molecular weight excluding hydrogens is 504 g/mol. The molecule has 10 nitrogen and oxygen atoms in total. The lowest BCUT2D eigenvalue weighted by molar-refractivity contribution is -0.138. The molecular formula is C29H28N2O8. The molecule has 2 atom stereocenters. The highest BCUT2D eigenvalue weighted by atomic mass is 16.6. The Labute approximate surface area is 224 Å². The van der Waals surface area contributed by atoms with E-state index in [0.717, 1.165) is 10.5 Å². The van der Waals surface area contributed by atoms with Crippen molar-refractivity contribution >= 4 is 12.1 Å². The molecule has 202 valence electrons. The van der Waals surface area contributed by atoms with Gasteiger partial charge in [0.1, 0.15) is 48.0 Å². The predicted octanol–water partition coefficient (Wildman–Crippen LogP) is 5.11. The number of aromatic nitrogens is 1. The third-order valence-electron chi connectivity index (χ3n) is 5.99. The van der Waals surface area contributed by atoms with Crippen LogP contribution in [-0.2, 0) is 4.79 Å². The van der Waals surface area contributed by atoms with Crippen molar-refractivity contribution in [1.82, 2.24) is 9.88 Å². The fraction of sp³-hybridized carbons (Fsp3) is 0.207. The van der Waals surface area contributed by atoms with E-state index in [1.165, 1.54) is 24.3 Å². The van der Waals surface area contributed by atoms with Gasteiger partial charge in [0.05, 0.1) is 6.04 Å². The molecule has 0 saturated carbocycles. The van der Waals surface area contributed by atoms with Crippen LogP contribution in [-0.4, -0.2) is 50.4 Å².